The van der Waals surface area contributed by atoms with Crippen molar-refractivity contribution in [2.45, 2.75) is 19.4 Å². The van der Waals surface area contributed by atoms with Crippen LogP contribution in [0.25, 0.3) is 11.0 Å². The van der Waals surface area contributed by atoms with Gasteiger partial charge in [0.1, 0.15) is 11.3 Å². The lowest BCUT2D eigenvalue weighted by Gasteiger charge is -2.10. The van der Waals surface area contributed by atoms with Crippen molar-refractivity contribution in [3.63, 3.8) is 0 Å². The van der Waals surface area contributed by atoms with Gasteiger partial charge >= 0.3 is 0 Å². The van der Waals surface area contributed by atoms with E-state index in [4.69, 9.17) is 10.2 Å². The largest absolute Gasteiger partial charge is 0.461 e. The molecule has 0 aliphatic carbocycles. The maximum absolute atomic E-state index is 6.49. The highest BCUT2D eigenvalue weighted by molar-refractivity contribution is 9.13. The SMILES string of the molecule is CCc1oc2ccccc2c1C(N)c1cc(Br)c(Br)s1. The fourth-order valence-electron chi connectivity index (χ4n) is 2.38. The Kier molecular flexibility index (Phi) is 4.04. The van der Waals surface area contributed by atoms with Crippen LogP contribution in [0.15, 0.2) is 43.0 Å². The first kappa shape index (κ1) is 14.3. The first-order valence-corrected chi connectivity index (χ1v) is 8.72. The monoisotopic (exact) mass is 413 g/mol. The summed E-state index contributed by atoms with van der Waals surface area (Å²) in [6, 6.07) is 9.98. The molecule has 2 N–H and O–H groups in total. The summed E-state index contributed by atoms with van der Waals surface area (Å²) in [5.74, 6) is 0.972. The number of halogens is 2. The van der Waals surface area contributed by atoms with E-state index < -0.39 is 0 Å². The third-order valence-corrected chi connectivity index (χ3v) is 6.65. The average Bonchev–Trinajstić information content (AvgIpc) is 2.99. The third kappa shape index (κ3) is 2.37. The topological polar surface area (TPSA) is 39.2 Å². The lowest BCUT2D eigenvalue weighted by atomic mass is 10.0. The second kappa shape index (κ2) is 5.64. The van der Waals surface area contributed by atoms with Crippen LogP contribution in [0, 0.1) is 0 Å². The minimum Gasteiger partial charge on any atom is -0.461 e. The Morgan fingerprint density at radius 2 is 2.05 bits per heavy atom. The number of furan rings is 1. The number of rotatable bonds is 3. The minimum atomic E-state index is -0.166. The Balaban J connectivity index is 2.17. The van der Waals surface area contributed by atoms with Crippen molar-refractivity contribution in [1.82, 2.24) is 0 Å². The maximum atomic E-state index is 6.49. The van der Waals surface area contributed by atoms with E-state index in [1.807, 2.05) is 18.2 Å². The summed E-state index contributed by atoms with van der Waals surface area (Å²) in [7, 11) is 0. The fourth-order valence-corrected chi connectivity index (χ4v) is 4.48. The predicted octanol–water partition coefficient (Wildman–Crippen LogP) is 5.63. The Labute approximate surface area is 138 Å². The van der Waals surface area contributed by atoms with Crippen LogP contribution >= 0.6 is 43.2 Å². The van der Waals surface area contributed by atoms with Gasteiger partial charge in [0.2, 0.25) is 0 Å². The minimum absolute atomic E-state index is 0.166. The summed E-state index contributed by atoms with van der Waals surface area (Å²) in [5.41, 5.74) is 8.50. The van der Waals surface area contributed by atoms with E-state index in [2.05, 4.69) is 50.9 Å². The second-order valence-corrected chi connectivity index (χ2v) is 7.79. The van der Waals surface area contributed by atoms with Crippen LogP contribution in [0.1, 0.15) is 29.2 Å². The molecule has 0 aliphatic heterocycles. The molecule has 2 heterocycles. The zero-order valence-electron chi connectivity index (χ0n) is 10.8. The quantitative estimate of drug-likeness (QED) is 0.603. The van der Waals surface area contributed by atoms with E-state index in [1.165, 1.54) is 0 Å². The van der Waals surface area contributed by atoms with E-state index in [0.29, 0.717) is 0 Å². The smallest absolute Gasteiger partial charge is 0.134 e. The van der Waals surface area contributed by atoms with Crippen molar-refractivity contribution >= 4 is 54.2 Å². The Hall–Kier alpha value is -0.620. The molecule has 1 unspecified atom stereocenters. The Morgan fingerprint density at radius 1 is 1.30 bits per heavy atom. The molecule has 2 nitrogen and oxygen atoms in total. The lowest BCUT2D eigenvalue weighted by molar-refractivity contribution is 0.547. The Morgan fingerprint density at radius 3 is 2.70 bits per heavy atom. The summed E-state index contributed by atoms with van der Waals surface area (Å²) in [5, 5.41) is 1.11. The molecule has 0 saturated carbocycles. The standard InChI is InChI=1S/C15H13Br2NOS/c1-2-10-13(8-5-3-4-6-11(8)19-10)14(18)12-7-9(16)15(17)20-12/h3-7,14H,2,18H2,1H3. The molecule has 20 heavy (non-hydrogen) atoms. The van der Waals surface area contributed by atoms with Gasteiger partial charge < -0.3 is 10.2 Å². The van der Waals surface area contributed by atoms with Gasteiger partial charge in [-0.2, -0.15) is 0 Å². The molecular weight excluding hydrogens is 402 g/mol. The van der Waals surface area contributed by atoms with Gasteiger partial charge in [0.25, 0.3) is 0 Å². The van der Waals surface area contributed by atoms with E-state index in [9.17, 15) is 0 Å². The third-order valence-electron chi connectivity index (χ3n) is 3.31. The lowest BCUT2D eigenvalue weighted by Crippen LogP contribution is -2.11. The molecule has 1 atom stereocenters. The van der Waals surface area contributed by atoms with Crippen LogP contribution < -0.4 is 5.73 Å². The van der Waals surface area contributed by atoms with Crippen LogP contribution in [-0.2, 0) is 6.42 Å². The molecular formula is C15H13Br2NOS. The van der Waals surface area contributed by atoms with Crippen molar-refractivity contribution in [1.29, 1.82) is 0 Å². The molecule has 0 amide bonds. The number of para-hydroxylation sites is 1. The van der Waals surface area contributed by atoms with E-state index >= 15 is 0 Å². The summed E-state index contributed by atoms with van der Waals surface area (Å²) in [6.45, 7) is 2.09. The van der Waals surface area contributed by atoms with E-state index in [1.54, 1.807) is 11.3 Å². The first-order valence-electron chi connectivity index (χ1n) is 6.32. The van der Waals surface area contributed by atoms with Gasteiger partial charge in [0.15, 0.2) is 0 Å². The Bertz CT molecular complexity index is 743. The van der Waals surface area contributed by atoms with Gasteiger partial charge in [-0.25, -0.2) is 0 Å². The second-order valence-electron chi connectivity index (χ2n) is 4.54. The number of aryl methyl sites for hydroxylation is 1. The highest BCUT2D eigenvalue weighted by atomic mass is 79.9. The highest BCUT2D eigenvalue weighted by Gasteiger charge is 2.22. The molecule has 0 aliphatic rings. The van der Waals surface area contributed by atoms with Gasteiger partial charge in [-0.3, -0.25) is 0 Å². The van der Waals surface area contributed by atoms with Gasteiger partial charge in [0.05, 0.1) is 9.83 Å². The molecule has 0 spiro atoms. The number of thiophene rings is 1. The molecule has 5 heteroatoms. The average molecular weight is 415 g/mol. The number of benzene rings is 1. The molecule has 0 fully saturated rings. The van der Waals surface area contributed by atoms with Crippen molar-refractivity contribution < 1.29 is 4.42 Å². The normalized spacial score (nSPS) is 13.0. The van der Waals surface area contributed by atoms with Gasteiger partial charge in [-0.15, -0.1) is 11.3 Å². The number of nitrogens with two attached hydrogens (primary N) is 1. The highest BCUT2D eigenvalue weighted by Crippen LogP contribution is 2.40. The summed E-state index contributed by atoms with van der Waals surface area (Å²) in [4.78, 5) is 1.12. The van der Waals surface area contributed by atoms with Gasteiger partial charge in [0, 0.05) is 26.7 Å². The maximum Gasteiger partial charge on any atom is 0.134 e. The number of fused-ring (bicyclic) bond motifs is 1. The summed E-state index contributed by atoms with van der Waals surface area (Å²) in [6.07, 6.45) is 0.839. The zero-order chi connectivity index (χ0) is 14.3. The van der Waals surface area contributed by atoms with E-state index in [0.717, 1.165) is 41.9 Å². The van der Waals surface area contributed by atoms with Crippen LogP contribution in [0.2, 0.25) is 0 Å². The van der Waals surface area contributed by atoms with Crippen LogP contribution in [0.3, 0.4) is 0 Å². The van der Waals surface area contributed by atoms with Crippen molar-refractivity contribution in [3.8, 4) is 0 Å². The van der Waals surface area contributed by atoms with E-state index in [-0.39, 0.29) is 6.04 Å². The van der Waals surface area contributed by atoms with Gasteiger partial charge in [-0.05, 0) is 44.0 Å². The van der Waals surface area contributed by atoms with Crippen LogP contribution in [0.5, 0.6) is 0 Å². The molecule has 1 aromatic carbocycles. The fraction of sp³-hybridized carbons (Fsp3) is 0.200. The van der Waals surface area contributed by atoms with Crippen molar-refractivity contribution in [2.75, 3.05) is 0 Å². The molecule has 0 bridgehead atoms. The molecule has 0 radical (unpaired) electrons. The summed E-state index contributed by atoms with van der Waals surface area (Å²) < 4.78 is 8.03. The van der Waals surface area contributed by atoms with Gasteiger partial charge in [-0.1, -0.05) is 25.1 Å². The van der Waals surface area contributed by atoms with Crippen LogP contribution in [-0.4, -0.2) is 0 Å². The van der Waals surface area contributed by atoms with Crippen molar-refractivity contribution in [2.24, 2.45) is 5.73 Å². The number of hydrogen-bond donors (Lipinski definition) is 1. The summed E-state index contributed by atoms with van der Waals surface area (Å²) >= 11 is 8.69. The predicted molar refractivity (Wildman–Crippen MR) is 91.3 cm³/mol. The van der Waals surface area contributed by atoms with Crippen molar-refractivity contribution in [3.05, 3.63) is 54.8 Å². The molecule has 3 rings (SSSR count). The molecule has 3 aromatic rings. The first-order chi connectivity index (χ1) is 9.61. The molecule has 2 aromatic heterocycles. The van der Waals surface area contributed by atoms with Crippen LogP contribution in [0.4, 0.5) is 0 Å². The molecule has 0 saturated heterocycles. The molecule has 104 valence electrons. The zero-order valence-corrected chi connectivity index (χ0v) is 14.8. The number of hydrogen-bond acceptors (Lipinski definition) is 3.